The van der Waals surface area contributed by atoms with Gasteiger partial charge in [-0.15, -0.1) is 22.7 Å². The molecule has 41 heavy (non-hydrogen) atoms. The number of hydrogen-bond acceptors (Lipinski definition) is 9. The first kappa shape index (κ1) is 29.7. The van der Waals surface area contributed by atoms with Crippen LogP contribution in [0.2, 0.25) is 5.02 Å². The van der Waals surface area contributed by atoms with Gasteiger partial charge in [0.2, 0.25) is 11.5 Å². The lowest BCUT2D eigenvalue weighted by Crippen LogP contribution is -2.39. The van der Waals surface area contributed by atoms with Crippen molar-refractivity contribution >= 4 is 58.1 Å². The minimum Gasteiger partial charge on any atom is -0.496 e. The maximum Gasteiger partial charge on any atom is 0.349 e. The van der Waals surface area contributed by atoms with Crippen LogP contribution in [-0.2, 0) is 19.9 Å². The van der Waals surface area contributed by atoms with Crippen molar-refractivity contribution in [2.75, 3.05) is 26.0 Å². The summed E-state index contributed by atoms with van der Waals surface area (Å²) >= 11 is 8.92. The van der Waals surface area contributed by atoms with E-state index >= 15 is 0 Å². The fourth-order valence-corrected chi connectivity index (χ4v) is 8.05. The third kappa shape index (κ3) is 6.22. The molecule has 2 N–H and O–H groups in total. The molecule has 2 aliphatic carbocycles. The van der Waals surface area contributed by atoms with Gasteiger partial charge in [0.1, 0.15) is 11.9 Å². The minimum absolute atomic E-state index is 0.172. The number of esters is 1. The van der Waals surface area contributed by atoms with Crippen LogP contribution in [0.25, 0.3) is 0 Å². The van der Waals surface area contributed by atoms with Crippen LogP contribution in [-0.4, -0.2) is 61.0 Å². The molecule has 2 aromatic heterocycles. The lowest BCUT2D eigenvalue weighted by molar-refractivity contribution is -0.167. The summed E-state index contributed by atoms with van der Waals surface area (Å²) in [6, 6.07) is 10.6. The summed E-state index contributed by atoms with van der Waals surface area (Å²) in [5.74, 6) is 0.446. The van der Waals surface area contributed by atoms with E-state index in [1.165, 1.54) is 35.8 Å². The number of nitrogens with zero attached hydrogens (tertiary/aromatic N) is 1. The first-order chi connectivity index (χ1) is 19.7. The van der Waals surface area contributed by atoms with Gasteiger partial charge in [-0.2, -0.15) is 0 Å². The van der Waals surface area contributed by atoms with Crippen LogP contribution in [0.15, 0.2) is 47.2 Å². The van der Waals surface area contributed by atoms with E-state index in [2.05, 4.69) is 10.2 Å². The van der Waals surface area contributed by atoms with Gasteiger partial charge in [0.05, 0.1) is 33.1 Å². The van der Waals surface area contributed by atoms with Gasteiger partial charge in [0.25, 0.3) is 0 Å². The molecule has 5 rings (SSSR count). The molecular weight excluding hydrogens is 584 g/mol. The molecule has 0 aliphatic heterocycles. The quantitative estimate of drug-likeness (QED) is 0.214. The number of aliphatic hydroxyl groups is 1. The normalized spacial score (nSPS) is 22.0. The third-order valence-corrected chi connectivity index (χ3v) is 10.6. The largest absolute Gasteiger partial charge is 0.496 e. The lowest BCUT2D eigenvalue weighted by atomic mass is 10.00. The molecule has 11 heteroatoms. The zero-order valence-electron chi connectivity index (χ0n) is 22.9. The van der Waals surface area contributed by atoms with E-state index in [1.54, 1.807) is 18.2 Å². The summed E-state index contributed by atoms with van der Waals surface area (Å²) in [5.41, 5.74) is -1.06. The van der Waals surface area contributed by atoms with Gasteiger partial charge in [-0.25, -0.2) is 4.79 Å². The Labute approximate surface area is 252 Å². The second-order valence-electron chi connectivity index (χ2n) is 10.8. The number of anilines is 1. The van der Waals surface area contributed by atoms with Crippen LogP contribution in [0, 0.1) is 11.8 Å². The van der Waals surface area contributed by atoms with E-state index in [1.807, 2.05) is 29.9 Å². The molecule has 0 radical (unpaired) electrons. The first-order valence-electron chi connectivity index (χ1n) is 13.6. The van der Waals surface area contributed by atoms with E-state index in [9.17, 15) is 19.5 Å². The van der Waals surface area contributed by atoms with Crippen LogP contribution >= 0.6 is 34.3 Å². The van der Waals surface area contributed by atoms with Gasteiger partial charge in [-0.05, 0) is 73.5 Å². The Morgan fingerprint density at radius 3 is 2.29 bits per heavy atom. The molecule has 3 aromatic rings. The third-order valence-electron chi connectivity index (χ3n) is 8.31. The summed E-state index contributed by atoms with van der Waals surface area (Å²) in [6.45, 7) is 0.587. The maximum atomic E-state index is 13.3. The van der Waals surface area contributed by atoms with Crippen molar-refractivity contribution < 1.29 is 29.0 Å². The number of amides is 1. The van der Waals surface area contributed by atoms with Crippen molar-refractivity contribution in [1.29, 1.82) is 0 Å². The molecule has 4 atom stereocenters. The Balaban J connectivity index is 1.11. The lowest BCUT2D eigenvalue weighted by Gasteiger charge is -2.27. The summed E-state index contributed by atoms with van der Waals surface area (Å²) in [5, 5.41) is 18.3. The number of aldehydes is 1. The van der Waals surface area contributed by atoms with E-state index in [-0.39, 0.29) is 17.0 Å². The number of thiophene rings is 2. The topological polar surface area (TPSA) is 105 Å². The molecule has 2 saturated carbocycles. The molecule has 218 valence electrons. The number of ether oxygens (including phenoxy) is 2. The standard InChI is InChI=1S/C30H33ClN2O6S2/c1-33(8-7-28(35)32-24-16-25(38-2)20(17-34)15-23(24)31)21-11-18-13-22(14-19(18)12-21)39-29(36)30(37,26-5-3-9-40-26)27-6-4-10-41-27/h3-6,9-10,15-19,21-22,37H,7-8,11-14H2,1-2H3,(H,32,35)/t18-,19+,21?,22?. The number of benzene rings is 1. The van der Waals surface area contributed by atoms with Crippen molar-refractivity contribution in [2.45, 2.75) is 49.9 Å². The van der Waals surface area contributed by atoms with Gasteiger partial charge >= 0.3 is 5.97 Å². The SMILES string of the molecule is COc1cc(NC(=O)CCN(C)C2C[C@H]3CC(OC(=O)C(O)(c4cccs4)c4cccs4)C[C@H]3C2)c(Cl)cc1C=O. The molecule has 1 amide bonds. The van der Waals surface area contributed by atoms with Crippen LogP contribution in [0.3, 0.4) is 0 Å². The number of hydrogen-bond donors (Lipinski definition) is 2. The molecule has 2 unspecified atom stereocenters. The Morgan fingerprint density at radius 1 is 1.12 bits per heavy atom. The van der Waals surface area contributed by atoms with Crippen molar-refractivity contribution in [3.05, 3.63) is 67.5 Å². The molecule has 2 fully saturated rings. The second-order valence-corrected chi connectivity index (χ2v) is 13.1. The number of nitrogens with one attached hydrogen (secondary N) is 1. The van der Waals surface area contributed by atoms with Crippen LogP contribution in [0.5, 0.6) is 5.75 Å². The highest BCUT2D eigenvalue weighted by atomic mass is 35.5. The molecule has 2 aliphatic rings. The second kappa shape index (κ2) is 12.6. The van der Waals surface area contributed by atoms with Gasteiger partial charge < -0.3 is 24.8 Å². The number of halogens is 1. The molecule has 0 bridgehead atoms. The fraction of sp³-hybridized carbons (Fsp3) is 0.433. The van der Waals surface area contributed by atoms with Crippen molar-refractivity contribution in [1.82, 2.24) is 4.90 Å². The number of methoxy groups -OCH3 is 1. The van der Waals surface area contributed by atoms with Crippen LogP contribution in [0.4, 0.5) is 5.69 Å². The smallest absolute Gasteiger partial charge is 0.349 e. The van der Waals surface area contributed by atoms with Crippen LogP contribution < -0.4 is 10.1 Å². The highest BCUT2D eigenvalue weighted by Crippen LogP contribution is 2.47. The number of carbonyl (C=O) groups excluding carboxylic acids is 3. The Kier molecular flexibility index (Phi) is 9.15. The average molecular weight is 617 g/mol. The minimum atomic E-state index is -1.78. The van der Waals surface area contributed by atoms with Crippen molar-refractivity contribution in [3.63, 3.8) is 0 Å². The Morgan fingerprint density at radius 2 is 1.76 bits per heavy atom. The maximum absolute atomic E-state index is 13.3. The van der Waals surface area contributed by atoms with Crippen molar-refractivity contribution in [2.24, 2.45) is 11.8 Å². The summed E-state index contributed by atoms with van der Waals surface area (Å²) < 4.78 is 11.2. The Hall–Kier alpha value is -2.76. The van der Waals surface area contributed by atoms with E-state index in [4.69, 9.17) is 21.1 Å². The van der Waals surface area contributed by atoms with Crippen LogP contribution in [0.1, 0.15) is 52.2 Å². The van der Waals surface area contributed by atoms with Gasteiger partial charge in [0, 0.05) is 25.1 Å². The molecule has 8 nitrogen and oxygen atoms in total. The highest BCUT2D eigenvalue weighted by molar-refractivity contribution is 7.12. The number of carbonyl (C=O) groups is 3. The molecule has 1 aromatic carbocycles. The highest BCUT2D eigenvalue weighted by Gasteiger charge is 2.48. The van der Waals surface area contributed by atoms with Gasteiger partial charge in [-0.1, -0.05) is 23.7 Å². The van der Waals surface area contributed by atoms with Crippen molar-refractivity contribution in [3.8, 4) is 5.75 Å². The zero-order valence-corrected chi connectivity index (χ0v) is 25.3. The Bertz CT molecular complexity index is 1330. The van der Waals surface area contributed by atoms with E-state index in [0.717, 1.165) is 25.7 Å². The fourth-order valence-electron chi connectivity index (χ4n) is 6.12. The van der Waals surface area contributed by atoms with Gasteiger partial charge in [0.15, 0.2) is 6.29 Å². The summed E-state index contributed by atoms with van der Waals surface area (Å²) in [4.78, 5) is 40.5. The first-order valence-corrected chi connectivity index (χ1v) is 15.7. The molecule has 0 spiro atoms. The van der Waals surface area contributed by atoms with Gasteiger partial charge in [-0.3, -0.25) is 9.59 Å². The summed E-state index contributed by atoms with van der Waals surface area (Å²) in [6.07, 6.45) is 4.26. The number of rotatable bonds is 11. The summed E-state index contributed by atoms with van der Waals surface area (Å²) in [7, 11) is 3.49. The number of fused-ring (bicyclic) bond motifs is 1. The molecular formula is C30H33ClN2O6S2. The molecule has 0 saturated heterocycles. The zero-order chi connectivity index (χ0) is 29.1. The predicted octanol–water partition coefficient (Wildman–Crippen LogP) is 5.58. The monoisotopic (exact) mass is 616 g/mol. The molecule has 2 heterocycles. The van der Waals surface area contributed by atoms with E-state index in [0.29, 0.717) is 63.9 Å². The van der Waals surface area contributed by atoms with E-state index < -0.39 is 11.6 Å². The average Bonchev–Trinajstić information content (AvgIpc) is 3.77. The predicted molar refractivity (Wildman–Crippen MR) is 160 cm³/mol.